The smallest absolute Gasteiger partial charge is 0.220 e. The topological polar surface area (TPSA) is 56.8 Å². The van der Waals surface area contributed by atoms with Crippen molar-refractivity contribution in [2.75, 3.05) is 20.3 Å². The van der Waals surface area contributed by atoms with Crippen LogP contribution in [0.15, 0.2) is 42.5 Å². The molecule has 0 spiro atoms. The zero-order valence-corrected chi connectivity index (χ0v) is 16.8. The average Bonchev–Trinajstić information content (AvgIpc) is 3.24. The summed E-state index contributed by atoms with van der Waals surface area (Å²) in [5.41, 5.74) is 1.93. The Morgan fingerprint density at radius 3 is 2.86 bits per heavy atom. The molecule has 1 unspecified atom stereocenters. The normalized spacial score (nSPS) is 16.0. The van der Waals surface area contributed by atoms with Crippen LogP contribution in [-0.4, -0.2) is 32.3 Å². The molecule has 0 saturated carbocycles. The van der Waals surface area contributed by atoms with Gasteiger partial charge in [0.2, 0.25) is 5.91 Å². The number of rotatable bonds is 9. The summed E-state index contributed by atoms with van der Waals surface area (Å²) >= 11 is 6.13. The molecule has 28 heavy (non-hydrogen) atoms. The van der Waals surface area contributed by atoms with E-state index in [1.165, 1.54) is 0 Å². The lowest BCUT2D eigenvalue weighted by Gasteiger charge is -2.15. The second-order valence-electron chi connectivity index (χ2n) is 6.80. The monoisotopic (exact) mass is 403 g/mol. The molecule has 0 aromatic heterocycles. The summed E-state index contributed by atoms with van der Waals surface area (Å²) in [6.07, 6.45) is 3.27. The summed E-state index contributed by atoms with van der Waals surface area (Å²) < 4.78 is 16.9. The summed E-state index contributed by atoms with van der Waals surface area (Å²) in [4.78, 5) is 12.1. The first-order valence-corrected chi connectivity index (χ1v) is 9.95. The average molecular weight is 404 g/mol. The lowest BCUT2D eigenvalue weighted by molar-refractivity contribution is -0.121. The highest BCUT2D eigenvalue weighted by atomic mass is 35.5. The second kappa shape index (κ2) is 10.3. The molecule has 150 valence electrons. The van der Waals surface area contributed by atoms with Crippen molar-refractivity contribution < 1.29 is 19.0 Å². The van der Waals surface area contributed by atoms with Crippen LogP contribution in [0.3, 0.4) is 0 Å². The number of halogens is 1. The van der Waals surface area contributed by atoms with Crippen LogP contribution in [0.5, 0.6) is 11.5 Å². The Bertz CT molecular complexity index is 790. The Morgan fingerprint density at radius 2 is 2.11 bits per heavy atom. The highest BCUT2D eigenvalue weighted by molar-refractivity contribution is 6.31. The van der Waals surface area contributed by atoms with E-state index in [0.29, 0.717) is 42.5 Å². The fourth-order valence-electron chi connectivity index (χ4n) is 3.14. The summed E-state index contributed by atoms with van der Waals surface area (Å²) in [5, 5.41) is 3.63. The third-order valence-corrected chi connectivity index (χ3v) is 5.11. The first kappa shape index (κ1) is 20.5. The Balaban J connectivity index is 1.48. The molecule has 3 rings (SSSR count). The SMILES string of the molecule is COc1cc(CNC(=O)CCc2ccccc2Cl)ccc1OCC1CCCO1. The van der Waals surface area contributed by atoms with Crippen molar-refractivity contribution in [1.29, 1.82) is 0 Å². The number of ether oxygens (including phenoxy) is 3. The van der Waals surface area contributed by atoms with Crippen LogP contribution in [0.4, 0.5) is 0 Å². The zero-order valence-electron chi connectivity index (χ0n) is 16.1. The second-order valence-corrected chi connectivity index (χ2v) is 7.21. The van der Waals surface area contributed by atoms with Gasteiger partial charge in [-0.15, -0.1) is 0 Å². The summed E-state index contributed by atoms with van der Waals surface area (Å²) in [6.45, 7) is 1.76. The number of carbonyl (C=O) groups excluding carboxylic acids is 1. The molecule has 1 aliphatic rings. The van der Waals surface area contributed by atoms with Gasteiger partial charge in [0.05, 0.1) is 13.2 Å². The summed E-state index contributed by atoms with van der Waals surface area (Å²) in [6, 6.07) is 13.3. The molecule has 1 aliphatic heterocycles. The van der Waals surface area contributed by atoms with Crippen molar-refractivity contribution in [3.63, 3.8) is 0 Å². The minimum Gasteiger partial charge on any atom is -0.493 e. The lowest BCUT2D eigenvalue weighted by Crippen LogP contribution is -2.23. The Hall–Kier alpha value is -2.24. The van der Waals surface area contributed by atoms with Gasteiger partial charge in [-0.3, -0.25) is 4.79 Å². The van der Waals surface area contributed by atoms with Crippen LogP contribution in [-0.2, 0) is 22.5 Å². The van der Waals surface area contributed by atoms with Gasteiger partial charge in [-0.05, 0) is 48.6 Å². The molecule has 1 heterocycles. The minimum absolute atomic E-state index is 0.0161. The zero-order chi connectivity index (χ0) is 19.8. The van der Waals surface area contributed by atoms with Crippen molar-refractivity contribution in [2.45, 2.75) is 38.3 Å². The molecular formula is C22H26ClNO4. The number of hydrogen-bond donors (Lipinski definition) is 1. The number of benzene rings is 2. The molecule has 5 nitrogen and oxygen atoms in total. The molecule has 2 aromatic carbocycles. The number of carbonyl (C=O) groups is 1. The van der Waals surface area contributed by atoms with E-state index in [-0.39, 0.29) is 12.0 Å². The Labute approximate surface area is 170 Å². The largest absolute Gasteiger partial charge is 0.493 e. The molecule has 1 atom stereocenters. The quantitative estimate of drug-likeness (QED) is 0.683. The highest BCUT2D eigenvalue weighted by Crippen LogP contribution is 2.29. The van der Waals surface area contributed by atoms with Gasteiger partial charge in [0.15, 0.2) is 11.5 Å². The molecule has 1 fully saturated rings. The first-order chi connectivity index (χ1) is 13.7. The fraction of sp³-hybridized carbons (Fsp3) is 0.409. The standard InChI is InChI=1S/C22H26ClNO4/c1-26-21-13-16(8-10-20(21)28-15-18-6-4-12-27-18)14-24-22(25)11-9-17-5-2-3-7-19(17)23/h2-3,5,7-8,10,13,18H,4,6,9,11-12,14-15H2,1H3,(H,24,25). The molecular weight excluding hydrogens is 378 g/mol. The molecule has 1 amide bonds. The molecule has 0 aliphatic carbocycles. The summed E-state index contributed by atoms with van der Waals surface area (Å²) in [7, 11) is 1.61. The molecule has 2 aromatic rings. The van der Waals surface area contributed by atoms with Crippen LogP contribution in [0.2, 0.25) is 5.02 Å². The van der Waals surface area contributed by atoms with Gasteiger partial charge in [0.25, 0.3) is 0 Å². The van der Waals surface area contributed by atoms with E-state index in [4.69, 9.17) is 25.8 Å². The van der Waals surface area contributed by atoms with Gasteiger partial charge in [-0.1, -0.05) is 35.9 Å². The minimum atomic E-state index is -0.0161. The van der Waals surface area contributed by atoms with E-state index >= 15 is 0 Å². The van der Waals surface area contributed by atoms with Crippen LogP contribution < -0.4 is 14.8 Å². The highest BCUT2D eigenvalue weighted by Gasteiger charge is 2.17. The van der Waals surface area contributed by atoms with Crippen LogP contribution in [0, 0.1) is 0 Å². The number of methoxy groups -OCH3 is 1. The van der Waals surface area contributed by atoms with E-state index in [1.54, 1.807) is 7.11 Å². The van der Waals surface area contributed by atoms with Gasteiger partial charge in [-0.2, -0.15) is 0 Å². The van der Waals surface area contributed by atoms with Gasteiger partial charge in [0.1, 0.15) is 6.61 Å². The maximum absolute atomic E-state index is 12.1. The number of hydrogen-bond acceptors (Lipinski definition) is 4. The van der Waals surface area contributed by atoms with Crippen molar-refractivity contribution in [2.24, 2.45) is 0 Å². The van der Waals surface area contributed by atoms with Crippen molar-refractivity contribution in [1.82, 2.24) is 5.32 Å². The molecule has 0 bridgehead atoms. The predicted octanol–water partition coefficient (Wildman–Crippen LogP) is 4.16. The Morgan fingerprint density at radius 1 is 1.25 bits per heavy atom. The number of nitrogens with one attached hydrogen (secondary N) is 1. The fourth-order valence-corrected chi connectivity index (χ4v) is 3.37. The van der Waals surface area contributed by atoms with Crippen LogP contribution >= 0.6 is 11.6 Å². The van der Waals surface area contributed by atoms with Crippen molar-refractivity contribution in [3.05, 3.63) is 58.6 Å². The van der Waals surface area contributed by atoms with Gasteiger partial charge in [-0.25, -0.2) is 0 Å². The summed E-state index contributed by atoms with van der Waals surface area (Å²) in [5.74, 6) is 1.32. The van der Waals surface area contributed by atoms with E-state index in [9.17, 15) is 4.79 Å². The van der Waals surface area contributed by atoms with Gasteiger partial charge in [0, 0.05) is 24.6 Å². The molecule has 6 heteroatoms. The predicted molar refractivity (Wildman–Crippen MR) is 109 cm³/mol. The van der Waals surface area contributed by atoms with Crippen molar-refractivity contribution >= 4 is 17.5 Å². The maximum Gasteiger partial charge on any atom is 0.220 e. The third kappa shape index (κ3) is 5.88. The number of amides is 1. The maximum atomic E-state index is 12.1. The molecule has 1 N–H and O–H groups in total. The van der Waals surface area contributed by atoms with Crippen LogP contribution in [0.25, 0.3) is 0 Å². The van der Waals surface area contributed by atoms with E-state index in [1.807, 2.05) is 42.5 Å². The van der Waals surface area contributed by atoms with E-state index in [0.717, 1.165) is 30.6 Å². The van der Waals surface area contributed by atoms with E-state index in [2.05, 4.69) is 5.32 Å². The molecule has 1 saturated heterocycles. The Kier molecular flexibility index (Phi) is 7.57. The van der Waals surface area contributed by atoms with Gasteiger partial charge < -0.3 is 19.5 Å². The third-order valence-electron chi connectivity index (χ3n) is 4.75. The van der Waals surface area contributed by atoms with Gasteiger partial charge >= 0.3 is 0 Å². The van der Waals surface area contributed by atoms with Crippen LogP contribution in [0.1, 0.15) is 30.4 Å². The molecule has 0 radical (unpaired) electrons. The number of aryl methyl sites for hydroxylation is 1. The van der Waals surface area contributed by atoms with E-state index < -0.39 is 0 Å². The first-order valence-electron chi connectivity index (χ1n) is 9.57. The van der Waals surface area contributed by atoms with Crippen molar-refractivity contribution in [3.8, 4) is 11.5 Å². The lowest BCUT2D eigenvalue weighted by atomic mass is 10.1.